The number of aryl methyl sites for hydroxylation is 4. The fraction of sp³-hybridized carbons (Fsp3) is 0.0625. The first-order chi connectivity index (χ1) is 32.4. The number of hydrogen-bond donors (Lipinski definition) is 0. The van der Waals surface area contributed by atoms with Gasteiger partial charge >= 0.3 is 0 Å². The van der Waals surface area contributed by atoms with Crippen molar-refractivity contribution in [2.24, 2.45) is 0 Å². The van der Waals surface area contributed by atoms with Gasteiger partial charge in [-0.15, -0.1) is 0 Å². The lowest BCUT2D eigenvalue weighted by Gasteiger charge is -2.30. The van der Waals surface area contributed by atoms with Gasteiger partial charge in [-0.05, 0) is 186 Å². The minimum absolute atomic E-state index is 1.14. The summed E-state index contributed by atoms with van der Waals surface area (Å²) in [7, 11) is 0. The van der Waals surface area contributed by atoms with Gasteiger partial charge in [-0.1, -0.05) is 158 Å². The van der Waals surface area contributed by atoms with E-state index in [0.717, 1.165) is 22.7 Å². The molecule has 0 aromatic heterocycles. The molecule has 2 heteroatoms. The third-order valence-corrected chi connectivity index (χ3v) is 13.9. The summed E-state index contributed by atoms with van der Waals surface area (Å²) in [4.78, 5) is 4.89. The van der Waals surface area contributed by atoms with Gasteiger partial charge in [0.25, 0.3) is 0 Å². The van der Waals surface area contributed by atoms with Crippen LogP contribution in [0.25, 0.3) is 75.8 Å². The molecule has 12 rings (SSSR count). The molecule has 0 aliphatic heterocycles. The Morgan fingerprint density at radius 3 is 0.803 bits per heavy atom. The molecule has 0 atom stereocenters. The summed E-state index contributed by atoms with van der Waals surface area (Å²) in [6, 6.07) is 80.7. The highest BCUT2D eigenvalue weighted by Crippen LogP contribution is 2.46. The normalized spacial score (nSPS) is 11.6. The maximum absolute atomic E-state index is 2.45. The van der Waals surface area contributed by atoms with E-state index in [1.807, 2.05) is 0 Å². The Labute approximate surface area is 386 Å². The van der Waals surface area contributed by atoms with Crippen LogP contribution in [0.3, 0.4) is 0 Å². The molecular weight excluding hydrogens is 797 g/mol. The van der Waals surface area contributed by atoms with Crippen LogP contribution in [0.1, 0.15) is 22.3 Å². The van der Waals surface area contributed by atoms with Gasteiger partial charge in [0.1, 0.15) is 0 Å². The lowest BCUT2D eigenvalue weighted by Crippen LogP contribution is -2.13. The Kier molecular flexibility index (Phi) is 9.43. The smallest absolute Gasteiger partial charge is 0.0491 e. The van der Waals surface area contributed by atoms with Crippen molar-refractivity contribution in [3.63, 3.8) is 0 Å². The number of fused-ring (bicyclic) bond motifs is 12. The van der Waals surface area contributed by atoms with E-state index in [-0.39, 0.29) is 0 Å². The van der Waals surface area contributed by atoms with Crippen LogP contribution < -0.4 is 9.80 Å². The van der Waals surface area contributed by atoms with Crippen LogP contribution in [-0.4, -0.2) is 0 Å². The fourth-order valence-corrected chi connectivity index (χ4v) is 10.7. The van der Waals surface area contributed by atoms with Crippen LogP contribution in [0.15, 0.2) is 218 Å². The molecule has 66 heavy (non-hydrogen) atoms. The predicted molar refractivity (Wildman–Crippen MR) is 285 cm³/mol. The second kappa shape index (κ2) is 15.8. The van der Waals surface area contributed by atoms with Crippen molar-refractivity contribution in [3.05, 3.63) is 241 Å². The SMILES string of the molecule is Cc1ccccc1N(c1ccc2c3ccccc3c3ccccc3c2c1)c1ccc(-c2ccc(N(c3ccc4c5ccccc5c5ccccc5c4c3)c3ccccc3C)c(C)c2)cc1C. The molecule has 0 bridgehead atoms. The third kappa shape index (κ3) is 6.40. The highest BCUT2D eigenvalue weighted by Gasteiger charge is 2.21. The third-order valence-electron chi connectivity index (χ3n) is 13.9. The van der Waals surface area contributed by atoms with Gasteiger partial charge in [0.05, 0.1) is 0 Å². The largest absolute Gasteiger partial charge is 0.310 e. The summed E-state index contributed by atoms with van der Waals surface area (Å²) in [5.74, 6) is 0. The Balaban J connectivity index is 0.966. The molecule has 0 aliphatic carbocycles. The molecule has 12 aromatic rings. The van der Waals surface area contributed by atoms with Crippen molar-refractivity contribution < 1.29 is 0 Å². The second-order valence-electron chi connectivity index (χ2n) is 17.9. The number of hydrogen-bond acceptors (Lipinski definition) is 2. The van der Waals surface area contributed by atoms with Gasteiger partial charge in [0.15, 0.2) is 0 Å². The molecule has 0 unspecified atom stereocenters. The summed E-state index contributed by atoms with van der Waals surface area (Å²) < 4.78 is 0. The lowest BCUT2D eigenvalue weighted by molar-refractivity contribution is 1.22. The monoisotopic (exact) mass is 844 g/mol. The first-order valence-electron chi connectivity index (χ1n) is 23.0. The summed E-state index contributed by atoms with van der Waals surface area (Å²) in [6.07, 6.45) is 0. The van der Waals surface area contributed by atoms with E-state index >= 15 is 0 Å². The topological polar surface area (TPSA) is 6.48 Å². The molecular formula is C64H48N2. The quantitative estimate of drug-likeness (QED) is 0.148. The summed E-state index contributed by atoms with van der Waals surface area (Å²) in [6.45, 7) is 8.93. The molecule has 0 spiro atoms. The van der Waals surface area contributed by atoms with Gasteiger partial charge in [0, 0.05) is 34.1 Å². The molecule has 0 heterocycles. The van der Waals surface area contributed by atoms with Crippen molar-refractivity contribution in [1.29, 1.82) is 0 Å². The molecule has 0 aliphatic rings. The van der Waals surface area contributed by atoms with Crippen molar-refractivity contribution in [2.75, 3.05) is 9.80 Å². The van der Waals surface area contributed by atoms with Crippen molar-refractivity contribution in [3.8, 4) is 11.1 Å². The Morgan fingerprint density at radius 1 is 0.212 bits per heavy atom. The number of benzene rings is 12. The summed E-state index contributed by atoms with van der Waals surface area (Å²) in [5.41, 5.74) is 14.2. The zero-order chi connectivity index (χ0) is 44.5. The van der Waals surface area contributed by atoms with Crippen molar-refractivity contribution in [1.82, 2.24) is 0 Å². The first-order valence-corrected chi connectivity index (χ1v) is 23.0. The standard InChI is InChI=1S/C64H48N2/c1-41-17-5-15-27-61(41)65(47-31-33-57-53-23-9-7-19-49(53)51-21-11-13-25-55(51)59(57)39-47)63-35-29-45(37-43(63)3)46-30-36-64(44(4)38-46)66(62-28-16-6-18-42(62)2)48-32-34-58-54-24-10-8-20-50(54)52-22-12-14-26-56(52)60(58)40-48/h5-40H,1-4H3. The zero-order valence-electron chi connectivity index (χ0n) is 37.7. The summed E-state index contributed by atoms with van der Waals surface area (Å²) >= 11 is 0. The molecule has 0 saturated heterocycles. The van der Waals surface area contributed by atoms with Crippen LogP contribution in [-0.2, 0) is 0 Å². The highest BCUT2D eigenvalue weighted by atomic mass is 15.2. The van der Waals surface area contributed by atoms with E-state index in [9.17, 15) is 0 Å². The predicted octanol–water partition coefficient (Wildman–Crippen LogP) is 18.4. The molecule has 0 amide bonds. The number of nitrogens with zero attached hydrogens (tertiary/aromatic N) is 2. The zero-order valence-corrected chi connectivity index (χ0v) is 37.7. The molecule has 0 N–H and O–H groups in total. The number of para-hydroxylation sites is 2. The van der Waals surface area contributed by atoms with Crippen LogP contribution in [0.5, 0.6) is 0 Å². The van der Waals surface area contributed by atoms with E-state index in [4.69, 9.17) is 0 Å². The van der Waals surface area contributed by atoms with E-state index in [1.165, 1.54) is 109 Å². The average molecular weight is 845 g/mol. The molecule has 12 aromatic carbocycles. The lowest BCUT2D eigenvalue weighted by atomic mass is 9.93. The van der Waals surface area contributed by atoms with E-state index in [2.05, 4.69) is 256 Å². The number of anilines is 6. The Morgan fingerprint density at radius 2 is 0.485 bits per heavy atom. The Bertz CT molecular complexity index is 3570. The Hall–Kier alpha value is -8.20. The maximum Gasteiger partial charge on any atom is 0.0491 e. The van der Waals surface area contributed by atoms with E-state index < -0.39 is 0 Å². The van der Waals surface area contributed by atoms with E-state index in [1.54, 1.807) is 0 Å². The van der Waals surface area contributed by atoms with Gasteiger partial charge in [-0.25, -0.2) is 0 Å². The van der Waals surface area contributed by atoms with Crippen LogP contribution in [0, 0.1) is 27.7 Å². The maximum atomic E-state index is 2.45. The minimum atomic E-state index is 1.14. The molecule has 0 fully saturated rings. The van der Waals surface area contributed by atoms with Gasteiger partial charge in [-0.3, -0.25) is 0 Å². The van der Waals surface area contributed by atoms with Crippen LogP contribution in [0.2, 0.25) is 0 Å². The van der Waals surface area contributed by atoms with Crippen LogP contribution >= 0.6 is 0 Å². The van der Waals surface area contributed by atoms with Crippen molar-refractivity contribution >= 4 is 98.8 Å². The van der Waals surface area contributed by atoms with Crippen LogP contribution in [0.4, 0.5) is 34.1 Å². The highest BCUT2D eigenvalue weighted by molar-refractivity contribution is 6.27. The number of rotatable bonds is 7. The molecule has 0 radical (unpaired) electrons. The van der Waals surface area contributed by atoms with Crippen molar-refractivity contribution in [2.45, 2.75) is 27.7 Å². The van der Waals surface area contributed by atoms with Gasteiger partial charge in [0.2, 0.25) is 0 Å². The minimum Gasteiger partial charge on any atom is -0.310 e. The van der Waals surface area contributed by atoms with E-state index in [0.29, 0.717) is 0 Å². The average Bonchev–Trinajstić information content (AvgIpc) is 3.36. The molecule has 0 saturated carbocycles. The fourth-order valence-electron chi connectivity index (χ4n) is 10.7. The summed E-state index contributed by atoms with van der Waals surface area (Å²) in [5, 5.41) is 15.3. The molecule has 2 nitrogen and oxygen atoms in total. The second-order valence-corrected chi connectivity index (χ2v) is 17.9. The van der Waals surface area contributed by atoms with Gasteiger partial charge in [-0.2, -0.15) is 0 Å². The van der Waals surface area contributed by atoms with Gasteiger partial charge < -0.3 is 9.80 Å². The first kappa shape index (κ1) is 39.4. The molecule has 314 valence electrons.